The Balaban J connectivity index is 2.58. The van der Waals surface area contributed by atoms with Crippen LogP contribution >= 0.6 is 0 Å². The van der Waals surface area contributed by atoms with Crippen LogP contribution in [0.1, 0.15) is 31.6 Å². The third-order valence-electron chi connectivity index (χ3n) is 1.71. The van der Waals surface area contributed by atoms with Crippen molar-refractivity contribution in [3.8, 4) is 0 Å². The molecule has 0 aliphatic rings. The first-order valence-corrected chi connectivity index (χ1v) is 4.33. The smallest absolute Gasteiger partial charge is 0.130 e. The molecule has 0 aromatic carbocycles. The van der Waals surface area contributed by atoms with E-state index in [1.807, 2.05) is 6.92 Å². The van der Waals surface area contributed by atoms with Crippen molar-refractivity contribution >= 4 is 12.5 Å². The molecule has 1 N–H and O–H groups in total. The van der Waals surface area contributed by atoms with Crippen LogP contribution in [0.5, 0.6) is 0 Å². The third-order valence-corrected chi connectivity index (χ3v) is 1.71. The molecule has 0 amide bonds. The number of H-pyrrole nitrogens is 1. The summed E-state index contributed by atoms with van der Waals surface area (Å²) < 4.78 is 0. The highest BCUT2D eigenvalue weighted by molar-refractivity contribution is 5.76. The highest BCUT2D eigenvalue weighted by Crippen LogP contribution is 2.15. The highest BCUT2D eigenvalue weighted by Gasteiger charge is 2.07. The number of nitrogens with one attached hydrogen (secondary N) is 1. The fourth-order valence-electron chi connectivity index (χ4n) is 1.06. The number of rotatable bonds is 5. The first-order valence-electron chi connectivity index (χ1n) is 4.33. The van der Waals surface area contributed by atoms with Crippen LogP contribution in [0.3, 0.4) is 0 Å². The Labute approximate surface area is 77.1 Å². The van der Waals surface area contributed by atoms with Crippen LogP contribution in [0.2, 0.25) is 0 Å². The quantitative estimate of drug-likeness (QED) is 0.550. The average Bonchev–Trinajstić information content (AvgIpc) is 2.65. The van der Waals surface area contributed by atoms with Gasteiger partial charge in [-0.2, -0.15) is 0 Å². The van der Waals surface area contributed by atoms with Crippen molar-refractivity contribution in [2.75, 3.05) is 0 Å². The third kappa shape index (κ3) is 2.82. The van der Waals surface area contributed by atoms with Crippen molar-refractivity contribution < 1.29 is 4.79 Å². The van der Waals surface area contributed by atoms with E-state index in [2.05, 4.69) is 15.0 Å². The molecule has 0 radical (unpaired) electrons. The molecular formula is C9H13N3O. The summed E-state index contributed by atoms with van der Waals surface area (Å²) in [6.07, 6.45) is 7.18. The van der Waals surface area contributed by atoms with Crippen LogP contribution in [-0.2, 0) is 4.79 Å². The van der Waals surface area contributed by atoms with E-state index in [0.29, 0.717) is 6.42 Å². The summed E-state index contributed by atoms with van der Waals surface area (Å²) >= 11 is 0. The Hall–Kier alpha value is -1.45. The minimum atomic E-state index is 0.0509. The zero-order valence-electron chi connectivity index (χ0n) is 7.60. The lowest BCUT2D eigenvalue weighted by Crippen LogP contribution is -1.96. The van der Waals surface area contributed by atoms with Gasteiger partial charge in [0.15, 0.2) is 0 Å². The fourth-order valence-corrected chi connectivity index (χ4v) is 1.06. The molecule has 0 bridgehead atoms. The van der Waals surface area contributed by atoms with Gasteiger partial charge in [-0.25, -0.2) is 4.98 Å². The van der Waals surface area contributed by atoms with E-state index in [1.54, 1.807) is 18.6 Å². The molecule has 1 aromatic rings. The molecule has 0 spiro atoms. The number of aromatic amines is 1. The molecule has 0 aliphatic heterocycles. The van der Waals surface area contributed by atoms with E-state index >= 15 is 0 Å². The van der Waals surface area contributed by atoms with Gasteiger partial charge in [-0.1, -0.05) is 6.92 Å². The molecular weight excluding hydrogens is 166 g/mol. The zero-order valence-corrected chi connectivity index (χ0v) is 7.60. The molecule has 0 fully saturated rings. The average molecular weight is 179 g/mol. The van der Waals surface area contributed by atoms with Crippen molar-refractivity contribution in [3.05, 3.63) is 18.2 Å². The zero-order chi connectivity index (χ0) is 9.52. The van der Waals surface area contributed by atoms with Crippen molar-refractivity contribution in [2.45, 2.75) is 25.8 Å². The molecule has 0 aliphatic carbocycles. The van der Waals surface area contributed by atoms with E-state index in [-0.39, 0.29) is 6.04 Å². The lowest BCUT2D eigenvalue weighted by Gasteiger charge is -2.04. The van der Waals surface area contributed by atoms with Gasteiger partial charge in [-0.3, -0.25) is 4.99 Å². The summed E-state index contributed by atoms with van der Waals surface area (Å²) in [5.74, 6) is 0.852. The molecule has 13 heavy (non-hydrogen) atoms. The van der Waals surface area contributed by atoms with Gasteiger partial charge in [0.2, 0.25) is 0 Å². The second-order valence-electron chi connectivity index (χ2n) is 2.63. The van der Waals surface area contributed by atoms with Crippen molar-refractivity contribution in [1.29, 1.82) is 0 Å². The number of aromatic nitrogens is 2. The fraction of sp³-hybridized carbons (Fsp3) is 0.444. The minimum absolute atomic E-state index is 0.0509. The van der Waals surface area contributed by atoms with Gasteiger partial charge in [0.1, 0.15) is 18.2 Å². The number of aldehydes is 1. The van der Waals surface area contributed by atoms with Gasteiger partial charge in [-0.05, 0) is 6.42 Å². The highest BCUT2D eigenvalue weighted by atomic mass is 16.1. The Bertz CT molecular complexity index is 266. The van der Waals surface area contributed by atoms with Gasteiger partial charge in [0, 0.05) is 25.0 Å². The van der Waals surface area contributed by atoms with E-state index in [0.717, 1.165) is 18.5 Å². The lowest BCUT2D eigenvalue weighted by molar-refractivity contribution is -0.106. The maximum Gasteiger partial charge on any atom is 0.130 e. The standard InChI is InChI=1S/C9H13N3O/c1-2-8(10-4-3-7-13)9-11-5-6-12-9/h4-8H,2-3H2,1H3,(H,11,12). The monoisotopic (exact) mass is 179 g/mol. The summed E-state index contributed by atoms with van der Waals surface area (Å²) in [7, 11) is 0. The van der Waals surface area contributed by atoms with Crippen molar-refractivity contribution in [1.82, 2.24) is 9.97 Å². The van der Waals surface area contributed by atoms with Gasteiger partial charge < -0.3 is 9.78 Å². The number of carbonyl (C=O) groups excluding carboxylic acids is 1. The van der Waals surface area contributed by atoms with Crippen LogP contribution in [0.25, 0.3) is 0 Å². The Morgan fingerprint density at radius 3 is 3.15 bits per heavy atom. The number of imidazole rings is 1. The predicted octanol–water partition coefficient (Wildman–Crippen LogP) is 1.52. The van der Waals surface area contributed by atoms with Crippen LogP contribution in [-0.4, -0.2) is 22.5 Å². The number of nitrogens with zero attached hydrogens (tertiary/aromatic N) is 2. The minimum Gasteiger partial charge on any atom is -0.347 e. The summed E-state index contributed by atoms with van der Waals surface area (Å²) in [4.78, 5) is 21.4. The Morgan fingerprint density at radius 1 is 1.77 bits per heavy atom. The second kappa shape index (κ2) is 5.24. The molecule has 1 aromatic heterocycles. The molecule has 4 nitrogen and oxygen atoms in total. The Kier molecular flexibility index (Phi) is 3.88. The largest absolute Gasteiger partial charge is 0.347 e. The normalized spacial score (nSPS) is 13.3. The van der Waals surface area contributed by atoms with E-state index in [1.165, 1.54) is 0 Å². The van der Waals surface area contributed by atoms with Crippen molar-refractivity contribution in [3.63, 3.8) is 0 Å². The van der Waals surface area contributed by atoms with E-state index in [9.17, 15) is 4.79 Å². The summed E-state index contributed by atoms with van der Waals surface area (Å²) in [5.41, 5.74) is 0. The molecule has 0 saturated carbocycles. The molecule has 70 valence electrons. The van der Waals surface area contributed by atoms with Crippen LogP contribution in [0.15, 0.2) is 17.4 Å². The van der Waals surface area contributed by atoms with Crippen LogP contribution in [0.4, 0.5) is 0 Å². The second-order valence-corrected chi connectivity index (χ2v) is 2.63. The molecule has 4 heteroatoms. The molecule has 1 heterocycles. The van der Waals surface area contributed by atoms with E-state index < -0.39 is 0 Å². The number of hydrogen-bond acceptors (Lipinski definition) is 3. The van der Waals surface area contributed by atoms with Crippen molar-refractivity contribution in [2.24, 2.45) is 4.99 Å². The van der Waals surface area contributed by atoms with Gasteiger partial charge in [0.05, 0.1) is 0 Å². The molecule has 1 atom stereocenters. The van der Waals surface area contributed by atoms with Gasteiger partial charge in [-0.15, -0.1) is 0 Å². The SMILES string of the molecule is CCC(N=CCC=O)c1ncc[nH]1. The first-order chi connectivity index (χ1) is 6.38. The lowest BCUT2D eigenvalue weighted by atomic mass is 10.2. The van der Waals surface area contributed by atoms with Gasteiger partial charge in [0.25, 0.3) is 0 Å². The summed E-state index contributed by atoms with van der Waals surface area (Å²) in [6.45, 7) is 2.03. The van der Waals surface area contributed by atoms with Crippen LogP contribution < -0.4 is 0 Å². The number of aliphatic imine (C=N–C) groups is 1. The maximum absolute atomic E-state index is 10.0. The topological polar surface area (TPSA) is 58.1 Å². The Morgan fingerprint density at radius 2 is 2.62 bits per heavy atom. The molecule has 1 rings (SSSR count). The predicted molar refractivity (Wildman–Crippen MR) is 50.8 cm³/mol. The maximum atomic E-state index is 10.0. The number of hydrogen-bond donors (Lipinski definition) is 1. The van der Waals surface area contributed by atoms with Crippen LogP contribution in [0, 0.1) is 0 Å². The first kappa shape index (κ1) is 9.64. The summed E-state index contributed by atoms with van der Waals surface area (Å²) in [6, 6.07) is 0.0509. The van der Waals surface area contributed by atoms with E-state index in [4.69, 9.17) is 0 Å². The van der Waals surface area contributed by atoms with Gasteiger partial charge >= 0.3 is 0 Å². The molecule has 1 unspecified atom stereocenters. The number of carbonyl (C=O) groups is 1. The molecule has 0 saturated heterocycles. The summed E-state index contributed by atoms with van der Waals surface area (Å²) in [5, 5.41) is 0.